The lowest BCUT2D eigenvalue weighted by Crippen LogP contribution is -2.00. The molecule has 0 spiro atoms. The molecule has 0 heterocycles. The van der Waals surface area contributed by atoms with Gasteiger partial charge in [0.05, 0.1) is 0 Å². The molecule has 1 aromatic rings. The first-order chi connectivity index (χ1) is 10.3. The zero-order valence-electron chi connectivity index (χ0n) is 14.1. The maximum atomic E-state index is 2.85. The van der Waals surface area contributed by atoms with Crippen molar-refractivity contribution in [2.75, 3.05) is 0 Å². The fourth-order valence-electron chi connectivity index (χ4n) is 2.92. The Morgan fingerprint density at radius 1 is 0.667 bits per heavy atom. The Labute approximate surface area is 135 Å². The van der Waals surface area contributed by atoms with Crippen LogP contribution in [0.1, 0.15) is 89.5 Å². The second-order valence-electron chi connectivity index (χ2n) is 6.34. The lowest BCUT2D eigenvalue weighted by atomic mass is 10.0. The van der Waals surface area contributed by atoms with Crippen LogP contribution in [0.3, 0.4) is 0 Å². The molecular weight excluding hydrogens is 271 g/mol. The van der Waals surface area contributed by atoms with E-state index >= 15 is 0 Å². The minimum atomic E-state index is 1.25. The van der Waals surface area contributed by atoms with Crippen LogP contribution >= 0.6 is 9.24 Å². The minimum absolute atomic E-state index is 1.25. The van der Waals surface area contributed by atoms with Gasteiger partial charge in [-0.3, -0.25) is 0 Å². The summed E-state index contributed by atoms with van der Waals surface area (Å²) in [5.74, 6) is 0. The van der Waals surface area contributed by atoms with E-state index in [0.29, 0.717) is 0 Å². The van der Waals surface area contributed by atoms with Crippen LogP contribution in [0, 0.1) is 0 Å². The van der Waals surface area contributed by atoms with Gasteiger partial charge in [0.25, 0.3) is 0 Å². The van der Waals surface area contributed by atoms with Gasteiger partial charge in [-0.05, 0) is 23.7 Å². The molecule has 1 rings (SSSR count). The maximum Gasteiger partial charge on any atom is -0.0271 e. The summed E-state index contributed by atoms with van der Waals surface area (Å²) in [5, 5.41) is 1.38. The van der Waals surface area contributed by atoms with Crippen LogP contribution in [0.25, 0.3) is 0 Å². The van der Waals surface area contributed by atoms with Crippen LogP contribution in [0.2, 0.25) is 0 Å². The number of benzene rings is 1. The third kappa shape index (κ3) is 10.1. The molecule has 0 aromatic heterocycles. The first-order valence-corrected chi connectivity index (χ1v) is 9.75. The highest BCUT2D eigenvalue weighted by Gasteiger charge is 1.97. The van der Waals surface area contributed by atoms with Gasteiger partial charge in [0.15, 0.2) is 0 Å². The molecular formula is C20H35P. The molecule has 0 aliphatic heterocycles. The average Bonchev–Trinajstić information content (AvgIpc) is 2.50. The number of hydrogen-bond acceptors (Lipinski definition) is 0. The molecule has 0 radical (unpaired) electrons. The highest BCUT2D eigenvalue weighted by molar-refractivity contribution is 7.27. The highest BCUT2D eigenvalue weighted by atomic mass is 31.0. The zero-order valence-corrected chi connectivity index (χ0v) is 15.2. The van der Waals surface area contributed by atoms with Crippen LogP contribution in [-0.4, -0.2) is 0 Å². The van der Waals surface area contributed by atoms with Crippen molar-refractivity contribution in [1.29, 1.82) is 0 Å². The summed E-state index contributed by atoms with van der Waals surface area (Å²) in [6, 6.07) is 8.73. The molecule has 1 unspecified atom stereocenters. The van der Waals surface area contributed by atoms with Gasteiger partial charge in [-0.25, -0.2) is 0 Å². The standard InChI is InChI=1S/C20H35P/c1-2-3-4-5-6-7-8-9-10-11-12-13-16-19-17-14-15-18-20(19)21/h14-15,17-18H,2-13,16,21H2,1H3. The normalized spacial score (nSPS) is 11.0. The molecule has 0 saturated carbocycles. The van der Waals surface area contributed by atoms with Crippen molar-refractivity contribution in [2.45, 2.75) is 90.4 Å². The Morgan fingerprint density at radius 3 is 1.67 bits per heavy atom. The summed E-state index contributed by atoms with van der Waals surface area (Å²) >= 11 is 0. The molecule has 0 nitrogen and oxygen atoms in total. The van der Waals surface area contributed by atoms with Crippen molar-refractivity contribution in [1.82, 2.24) is 0 Å². The van der Waals surface area contributed by atoms with Gasteiger partial charge in [-0.15, -0.1) is 9.24 Å². The Kier molecular flexibility index (Phi) is 11.9. The van der Waals surface area contributed by atoms with Gasteiger partial charge in [-0.2, -0.15) is 0 Å². The molecule has 0 aliphatic carbocycles. The monoisotopic (exact) mass is 306 g/mol. The van der Waals surface area contributed by atoms with Crippen molar-refractivity contribution in [3.05, 3.63) is 29.8 Å². The van der Waals surface area contributed by atoms with Gasteiger partial charge in [0.2, 0.25) is 0 Å². The summed E-state index contributed by atoms with van der Waals surface area (Å²) < 4.78 is 0. The summed E-state index contributed by atoms with van der Waals surface area (Å²) in [6.07, 6.45) is 18.4. The van der Waals surface area contributed by atoms with Crippen molar-refractivity contribution >= 4 is 14.5 Å². The van der Waals surface area contributed by atoms with Gasteiger partial charge in [-0.1, -0.05) is 102 Å². The maximum absolute atomic E-state index is 2.85. The highest BCUT2D eigenvalue weighted by Crippen LogP contribution is 2.13. The first-order valence-electron chi connectivity index (χ1n) is 9.18. The van der Waals surface area contributed by atoms with E-state index in [9.17, 15) is 0 Å². The van der Waals surface area contributed by atoms with Crippen LogP contribution < -0.4 is 5.30 Å². The van der Waals surface area contributed by atoms with Crippen molar-refractivity contribution in [3.8, 4) is 0 Å². The molecule has 21 heavy (non-hydrogen) atoms. The zero-order chi connectivity index (χ0) is 15.2. The molecule has 1 aromatic carbocycles. The van der Waals surface area contributed by atoms with Crippen molar-refractivity contribution in [3.63, 3.8) is 0 Å². The van der Waals surface area contributed by atoms with Gasteiger partial charge < -0.3 is 0 Å². The average molecular weight is 306 g/mol. The first kappa shape index (κ1) is 18.7. The van der Waals surface area contributed by atoms with E-state index in [1.807, 2.05) is 0 Å². The van der Waals surface area contributed by atoms with Crippen LogP contribution in [0.15, 0.2) is 24.3 Å². The summed E-state index contributed by atoms with van der Waals surface area (Å²) in [7, 11) is 2.85. The predicted octanol–water partition coefficient (Wildman–Crippen LogP) is 6.43. The third-order valence-electron chi connectivity index (χ3n) is 4.35. The van der Waals surface area contributed by atoms with Gasteiger partial charge >= 0.3 is 0 Å². The Morgan fingerprint density at radius 2 is 1.14 bits per heavy atom. The molecule has 1 atom stereocenters. The van der Waals surface area contributed by atoms with E-state index in [-0.39, 0.29) is 0 Å². The minimum Gasteiger partial charge on any atom is -0.105 e. The summed E-state index contributed by atoms with van der Waals surface area (Å²) in [6.45, 7) is 2.29. The van der Waals surface area contributed by atoms with E-state index in [1.54, 1.807) is 0 Å². The van der Waals surface area contributed by atoms with Gasteiger partial charge in [0.1, 0.15) is 0 Å². The molecule has 120 valence electrons. The van der Waals surface area contributed by atoms with E-state index in [2.05, 4.69) is 40.4 Å². The Balaban J connectivity index is 1.84. The summed E-state index contributed by atoms with van der Waals surface area (Å²) in [4.78, 5) is 0. The quantitative estimate of drug-likeness (QED) is 0.291. The molecule has 1 heteroatoms. The molecule has 0 N–H and O–H groups in total. The fourth-order valence-corrected chi connectivity index (χ4v) is 3.27. The number of unbranched alkanes of at least 4 members (excludes halogenated alkanes) is 11. The summed E-state index contributed by atoms with van der Waals surface area (Å²) in [5.41, 5.74) is 1.51. The third-order valence-corrected chi connectivity index (χ3v) is 4.92. The second-order valence-corrected chi connectivity index (χ2v) is 6.96. The van der Waals surface area contributed by atoms with Crippen LogP contribution in [0.4, 0.5) is 0 Å². The van der Waals surface area contributed by atoms with E-state index in [1.165, 1.54) is 94.3 Å². The lowest BCUT2D eigenvalue weighted by molar-refractivity contribution is 0.544. The molecule has 0 fully saturated rings. The van der Waals surface area contributed by atoms with Crippen molar-refractivity contribution in [2.24, 2.45) is 0 Å². The van der Waals surface area contributed by atoms with Crippen LogP contribution in [0.5, 0.6) is 0 Å². The smallest absolute Gasteiger partial charge is 0.0271 e. The van der Waals surface area contributed by atoms with Crippen molar-refractivity contribution < 1.29 is 0 Å². The number of aryl methyl sites for hydroxylation is 1. The molecule has 0 aliphatic rings. The van der Waals surface area contributed by atoms with E-state index < -0.39 is 0 Å². The second kappa shape index (κ2) is 13.3. The molecule has 0 amide bonds. The lowest BCUT2D eigenvalue weighted by Gasteiger charge is -2.05. The number of rotatable bonds is 13. The van der Waals surface area contributed by atoms with E-state index in [0.717, 1.165) is 0 Å². The largest absolute Gasteiger partial charge is 0.105 e. The molecule has 0 saturated heterocycles. The van der Waals surface area contributed by atoms with Gasteiger partial charge in [0, 0.05) is 0 Å². The topological polar surface area (TPSA) is 0 Å². The Bertz CT molecular complexity index is 345. The Hall–Kier alpha value is -0.350. The SMILES string of the molecule is CCCCCCCCCCCCCCc1ccccc1P. The van der Waals surface area contributed by atoms with E-state index in [4.69, 9.17) is 0 Å². The fraction of sp³-hybridized carbons (Fsp3) is 0.700. The predicted molar refractivity (Wildman–Crippen MR) is 101 cm³/mol. The number of hydrogen-bond donors (Lipinski definition) is 0. The molecule has 0 bridgehead atoms. The van der Waals surface area contributed by atoms with Crippen LogP contribution in [-0.2, 0) is 6.42 Å².